The molecule has 4 aliphatic rings. The van der Waals surface area contributed by atoms with Crippen molar-refractivity contribution in [1.29, 1.82) is 5.26 Å². The van der Waals surface area contributed by atoms with E-state index in [-0.39, 0.29) is 40.6 Å². The molecule has 2 saturated heterocycles. The minimum atomic E-state index is -0.437. The van der Waals surface area contributed by atoms with Gasteiger partial charge in [0.15, 0.2) is 0 Å². The van der Waals surface area contributed by atoms with Gasteiger partial charge in [-0.15, -0.1) is 0 Å². The summed E-state index contributed by atoms with van der Waals surface area (Å²) in [5, 5.41) is 12.8. The van der Waals surface area contributed by atoms with Crippen LogP contribution in [0.15, 0.2) is 54.6 Å². The van der Waals surface area contributed by atoms with Crippen LogP contribution < -0.4 is 24.4 Å². The molecule has 1 amide bonds. The number of morpholine rings is 1. The molecule has 11 nitrogen and oxygen atoms in total. The second-order valence-electron chi connectivity index (χ2n) is 17.3. The van der Waals surface area contributed by atoms with Crippen LogP contribution in [0.3, 0.4) is 0 Å². The Morgan fingerprint density at radius 1 is 0.875 bits per heavy atom. The van der Waals surface area contributed by atoms with E-state index in [0.29, 0.717) is 34.2 Å². The van der Waals surface area contributed by atoms with Crippen LogP contribution in [-0.4, -0.2) is 93.7 Å². The Morgan fingerprint density at radius 3 is 2.14 bits per heavy atom. The second kappa shape index (κ2) is 15.3. The van der Waals surface area contributed by atoms with Gasteiger partial charge in [0.1, 0.15) is 35.0 Å². The Bertz CT molecular complexity index is 1950. The fraction of sp³-hybridized carbons (Fsp3) is 0.533. The van der Waals surface area contributed by atoms with Gasteiger partial charge in [0, 0.05) is 79.3 Å². The number of rotatable bonds is 10. The quantitative estimate of drug-likeness (QED) is 0.219. The van der Waals surface area contributed by atoms with Gasteiger partial charge in [-0.25, -0.2) is 4.79 Å². The van der Waals surface area contributed by atoms with Crippen molar-refractivity contribution in [2.75, 3.05) is 51.9 Å². The number of nitriles is 1. The first-order valence-corrected chi connectivity index (χ1v) is 19.8. The molecule has 0 radical (unpaired) electrons. The molecular weight excluding hydrogens is 709 g/mol. The fourth-order valence-electron chi connectivity index (χ4n) is 9.95. The zero-order valence-corrected chi connectivity index (χ0v) is 34.1. The van der Waals surface area contributed by atoms with Gasteiger partial charge in [-0.3, -0.25) is 9.69 Å². The van der Waals surface area contributed by atoms with E-state index in [0.717, 1.165) is 81.0 Å². The van der Waals surface area contributed by atoms with Crippen LogP contribution in [0.25, 0.3) is 0 Å². The number of hydrogen-bond donors (Lipinski definition) is 1. The number of nitrogens with zero attached hydrogens (tertiary/aromatic N) is 3. The van der Waals surface area contributed by atoms with E-state index in [9.17, 15) is 14.9 Å². The normalized spacial score (nSPS) is 24.9. The molecule has 1 N–H and O–H groups in total. The number of anilines is 1. The van der Waals surface area contributed by atoms with Crippen molar-refractivity contribution in [2.24, 2.45) is 10.8 Å². The zero-order valence-electron chi connectivity index (χ0n) is 34.1. The first-order valence-electron chi connectivity index (χ1n) is 19.8. The van der Waals surface area contributed by atoms with Crippen molar-refractivity contribution in [2.45, 2.75) is 97.1 Å². The maximum Gasteiger partial charge on any atom is 0.341 e. The largest absolute Gasteiger partial charge is 0.496 e. The molecule has 56 heavy (non-hydrogen) atoms. The molecule has 3 aromatic rings. The lowest BCUT2D eigenvalue weighted by Crippen LogP contribution is -2.74. The molecule has 298 valence electrons. The van der Waals surface area contributed by atoms with Gasteiger partial charge in [0.05, 0.1) is 38.1 Å². The molecule has 2 heterocycles. The SMILES string of the molecule is COC(=O)c1ccc(O[C@H]2C[C@H](N3CCOC4(CCN(c5ccc(C(=O)N[C@H]6C(C)(C)[C@H](Oc7cc(C)c(C#N)c(C)c7)C6(C)C)cc5)CC4)C3)C2)cc1OC. The lowest BCUT2D eigenvalue weighted by Gasteiger charge is -2.63. The highest BCUT2D eigenvalue weighted by atomic mass is 16.5. The highest BCUT2D eigenvalue weighted by Crippen LogP contribution is 2.55. The van der Waals surface area contributed by atoms with Gasteiger partial charge in [-0.05, 0) is 86.3 Å². The van der Waals surface area contributed by atoms with Crippen LogP contribution in [0.2, 0.25) is 0 Å². The molecule has 4 fully saturated rings. The monoisotopic (exact) mass is 764 g/mol. The van der Waals surface area contributed by atoms with Crippen LogP contribution in [0.4, 0.5) is 5.69 Å². The number of nitrogens with one attached hydrogen (secondary N) is 1. The summed E-state index contributed by atoms with van der Waals surface area (Å²) in [6, 6.07) is 19.7. The van der Waals surface area contributed by atoms with Gasteiger partial charge in [0.25, 0.3) is 5.91 Å². The van der Waals surface area contributed by atoms with E-state index in [1.807, 2.05) is 38.1 Å². The summed E-state index contributed by atoms with van der Waals surface area (Å²) in [5.74, 6) is 1.37. The summed E-state index contributed by atoms with van der Waals surface area (Å²) >= 11 is 0. The highest BCUT2D eigenvalue weighted by Gasteiger charge is 2.64. The molecule has 7 rings (SSSR count). The average molecular weight is 765 g/mol. The number of aryl methyl sites for hydroxylation is 2. The van der Waals surface area contributed by atoms with Crippen molar-refractivity contribution >= 4 is 17.6 Å². The van der Waals surface area contributed by atoms with Crippen molar-refractivity contribution < 1.29 is 33.3 Å². The van der Waals surface area contributed by atoms with Crippen LogP contribution in [0.5, 0.6) is 17.2 Å². The van der Waals surface area contributed by atoms with Crippen molar-refractivity contribution in [3.63, 3.8) is 0 Å². The number of piperidine rings is 1. The predicted octanol–water partition coefficient (Wildman–Crippen LogP) is 6.86. The summed E-state index contributed by atoms with van der Waals surface area (Å²) in [5.41, 5.74) is 3.86. The average Bonchev–Trinajstić information content (AvgIpc) is 3.16. The molecule has 3 aromatic carbocycles. The Morgan fingerprint density at radius 2 is 1.54 bits per heavy atom. The Balaban J connectivity index is 0.889. The molecule has 1 spiro atoms. The zero-order chi connectivity index (χ0) is 40.0. The number of hydrogen-bond acceptors (Lipinski definition) is 10. The summed E-state index contributed by atoms with van der Waals surface area (Å²) in [6.07, 6.45) is 3.79. The number of methoxy groups -OCH3 is 2. The lowest BCUT2D eigenvalue weighted by atomic mass is 9.49. The van der Waals surface area contributed by atoms with Gasteiger partial charge < -0.3 is 33.9 Å². The van der Waals surface area contributed by atoms with E-state index in [1.165, 1.54) is 14.2 Å². The van der Waals surface area contributed by atoms with Gasteiger partial charge >= 0.3 is 5.97 Å². The van der Waals surface area contributed by atoms with Crippen LogP contribution in [-0.2, 0) is 9.47 Å². The highest BCUT2D eigenvalue weighted by molar-refractivity contribution is 5.95. The molecule has 2 saturated carbocycles. The third kappa shape index (κ3) is 7.41. The number of benzene rings is 3. The standard InChI is InChI=1S/C45H56N4O7/c1-28-21-34(22-29(2)37(28)26-46)56-42-43(3,4)41(44(42,5)6)47-39(50)30-9-11-31(12-10-30)48-17-15-45(16-18-48)27-49(19-20-54-45)32-23-35(24-32)55-33-13-14-36(40(51)53-8)38(25-33)52-7/h9-14,21-22,25,32,35,41-42H,15-20,23-24,27H2,1-8H3,(H,47,50)/t32-,35-,41-,42-. The molecule has 2 aliphatic heterocycles. The third-order valence-electron chi connectivity index (χ3n) is 12.9. The first-order chi connectivity index (χ1) is 26.7. The summed E-state index contributed by atoms with van der Waals surface area (Å²) in [7, 11) is 2.89. The van der Waals surface area contributed by atoms with Crippen molar-refractivity contribution in [3.05, 3.63) is 82.4 Å². The number of esters is 1. The molecule has 0 bridgehead atoms. The molecule has 2 aliphatic carbocycles. The number of amides is 1. The molecular formula is C45H56N4O7. The van der Waals surface area contributed by atoms with E-state index in [4.69, 9.17) is 23.7 Å². The molecule has 0 atom stereocenters. The number of carbonyl (C=O) groups is 2. The van der Waals surface area contributed by atoms with Gasteiger partial charge in [-0.1, -0.05) is 27.7 Å². The Kier molecular flexibility index (Phi) is 10.8. The van der Waals surface area contributed by atoms with Gasteiger partial charge in [0.2, 0.25) is 0 Å². The van der Waals surface area contributed by atoms with Crippen LogP contribution >= 0.6 is 0 Å². The number of ether oxygens (including phenoxy) is 5. The maximum absolute atomic E-state index is 13.6. The van der Waals surface area contributed by atoms with Gasteiger partial charge in [-0.2, -0.15) is 5.26 Å². The third-order valence-corrected chi connectivity index (χ3v) is 12.9. The predicted molar refractivity (Wildman–Crippen MR) is 214 cm³/mol. The van der Waals surface area contributed by atoms with Crippen LogP contribution in [0.1, 0.15) is 90.8 Å². The van der Waals surface area contributed by atoms with Crippen molar-refractivity contribution in [1.82, 2.24) is 10.2 Å². The lowest BCUT2D eigenvalue weighted by molar-refractivity contribution is -0.164. The van der Waals surface area contributed by atoms with Crippen molar-refractivity contribution in [3.8, 4) is 23.3 Å². The fourth-order valence-corrected chi connectivity index (χ4v) is 9.95. The minimum Gasteiger partial charge on any atom is -0.496 e. The van der Waals surface area contributed by atoms with E-state index < -0.39 is 5.97 Å². The smallest absolute Gasteiger partial charge is 0.341 e. The Labute approximate surface area is 331 Å². The summed E-state index contributed by atoms with van der Waals surface area (Å²) in [4.78, 5) is 30.6. The van der Waals surface area contributed by atoms with E-state index in [2.05, 4.69) is 61.0 Å². The molecule has 11 heteroatoms. The maximum atomic E-state index is 13.6. The van der Waals surface area contributed by atoms with Crippen LogP contribution in [0, 0.1) is 36.0 Å². The number of carbonyl (C=O) groups excluding carboxylic acids is 2. The Hall–Kier alpha value is -4.79. The second-order valence-corrected chi connectivity index (χ2v) is 17.3. The summed E-state index contributed by atoms with van der Waals surface area (Å²) in [6.45, 7) is 16.8. The molecule has 0 unspecified atom stereocenters. The topological polar surface area (TPSA) is 123 Å². The minimum absolute atomic E-state index is 0.0839. The first kappa shape index (κ1) is 39.4. The van der Waals surface area contributed by atoms with E-state index >= 15 is 0 Å². The summed E-state index contributed by atoms with van der Waals surface area (Å²) < 4.78 is 29.6. The molecule has 0 aromatic heterocycles. The van der Waals surface area contributed by atoms with E-state index in [1.54, 1.807) is 18.2 Å².